The van der Waals surface area contributed by atoms with Gasteiger partial charge in [0, 0.05) is 11.5 Å². The number of Topliss-reactive ketones (excluding diaryl/α,β-unsaturated/α-hetero) is 1. The van der Waals surface area contributed by atoms with Gasteiger partial charge in [0.1, 0.15) is 0 Å². The van der Waals surface area contributed by atoms with Crippen LogP contribution in [0.3, 0.4) is 0 Å². The fourth-order valence-corrected chi connectivity index (χ4v) is 3.78. The van der Waals surface area contributed by atoms with Crippen LogP contribution in [-0.4, -0.2) is 5.78 Å². The van der Waals surface area contributed by atoms with Crippen LogP contribution in [0.1, 0.15) is 55.8 Å². The Kier molecular flexibility index (Phi) is 4.38. The van der Waals surface area contributed by atoms with E-state index in [1.54, 1.807) is 0 Å². The molecule has 0 N–H and O–H groups in total. The summed E-state index contributed by atoms with van der Waals surface area (Å²) in [7, 11) is 0. The molecule has 1 fully saturated rings. The van der Waals surface area contributed by atoms with Crippen molar-refractivity contribution in [1.82, 2.24) is 0 Å². The molecule has 0 amide bonds. The molecule has 0 spiro atoms. The monoisotopic (exact) mass is 280 g/mol. The lowest BCUT2D eigenvalue weighted by atomic mass is 9.77. The molecule has 1 heteroatoms. The van der Waals surface area contributed by atoms with Gasteiger partial charge in [-0.05, 0) is 42.4 Å². The molecule has 1 nitrogen and oxygen atoms in total. The van der Waals surface area contributed by atoms with Gasteiger partial charge in [0.25, 0.3) is 0 Å². The molecular formula is C20H24O. The molecule has 0 bridgehead atoms. The molecule has 0 unspecified atom stereocenters. The smallest absolute Gasteiger partial charge is 0.166 e. The summed E-state index contributed by atoms with van der Waals surface area (Å²) in [6.45, 7) is 2.26. The molecule has 3 rings (SSSR count). The summed E-state index contributed by atoms with van der Waals surface area (Å²) >= 11 is 0. The molecular weight excluding hydrogens is 256 g/mol. The molecule has 0 heterocycles. The average molecular weight is 280 g/mol. The summed E-state index contributed by atoms with van der Waals surface area (Å²) in [6.07, 6.45) is 7.21. The van der Waals surface area contributed by atoms with Crippen LogP contribution in [0.15, 0.2) is 42.5 Å². The number of carbonyl (C=O) groups excluding carboxylic acids is 1. The van der Waals surface area contributed by atoms with Gasteiger partial charge in [-0.25, -0.2) is 0 Å². The quantitative estimate of drug-likeness (QED) is 0.663. The van der Waals surface area contributed by atoms with E-state index in [4.69, 9.17) is 0 Å². The van der Waals surface area contributed by atoms with Crippen molar-refractivity contribution >= 4 is 16.6 Å². The topological polar surface area (TPSA) is 17.1 Å². The summed E-state index contributed by atoms with van der Waals surface area (Å²) in [5.41, 5.74) is 0.923. The summed E-state index contributed by atoms with van der Waals surface area (Å²) in [5.74, 6) is 1.46. The highest BCUT2D eigenvalue weighted by Crippen LogP contribution is 2.34. The maximum absolute atomic E-state index is 12.9. The zero-order valence-electron chi connectivity index (χ0n) is 12.8. The van der Waals surface area contributed by atoms with Gasteiger partial charge in [-0.3, -0.25) is 4.79 Å². The first-order valence-corrected chi connectivity index (χ1v) is 8.31. The van der Waals surface area contributed by atoms with Crippen molar-refractivity contribution in [1.29, 1.82) is 0 Å². The van der Waals surface area contributed by atoms with Gasteiger partial charge in [-0.2, -0.15) is 0 Å². The van der Waals surface area contributed by atoms with Gasteiger partial charge in [0.2, 0.25) is 0 Å². The van der Waals surface area contributed by atoms with Gasteiger partial charge in [0.05, 0.1) is 0 Å². The van der Waals surface area contributed by atoms with Crippen molar-refractivity contribution in [2.75, 3.05) is 0 Å². The molecule has 21 heavy (non-hydrogen) atoms. The molecule has 1 aliphatic carbocycles. The van der Waals surface area contributed by atoms with Gasteiger partial charge in [0.15, 0.2) is 5.78 Å². The molecule has 0 saturated heterocycles. The second-order valence-electron chi connectivity index (χ2n) is 6.40. The second-order valence-corrected chi connectivity index (χ2v) is 6.40. The molecule has 1 saturated carbocycles. The fourth-order valence-electron chi connectivity index (χ4n) is 3.78. The Balaban J connectivity index is 1.79. The summed E-state index contributed by atoms with van der Waals surface area (Å²) in [5, 5.41) is 2.28. The number of carbonyl (C=O) groups is 1. The molecule has 2 aromatic carbocycles. The third-order valence-electron chi connectivity index (χ3n) is 4.97. The minimum atomic E-state index is 0.240. The van der Waals surface area contributed by atoms with E-state index in [1.807, 2.05) is 24.3 Å². The largest absolute Gasteiger partial charge is 0.294 e. The van der Waals surface area contributed by atoms with Crippen LogP contribution >= 0.6 is 0 Å². The molecule has 0 aromatic heterocycles. The first kappa shape index (κ1) is 14.3. The minimum absolute atomic E-state index is 0.240. The average Bonchev–Trinajstić information content (AvgIpc) is 2.55. The third-order valence-corrected chi connectivity index (χ3v) is 4.97. The van der Waals surface area contributed by atoms with Crippen LogP contribution in [0, 0.1) is 11.8 Å². The Hall–Kier alpha value is -1.63. The Labute approximate surface area is 127 Å². The SMILES string of the molecule is CCCC1CCC(C(=O)c2cccc3ccccc23)CC1. The van der Waals surface area contributed by atoms with Crippen molar-refractivity contribution in [2.45, 2.75) is 45.4 Å². The lowest BCUT2D eigenvalue weighted by Gasteiger charge is -2.27. The van der Waals surface area contributed by atoms with Crippen molar-refractivity contribution in [3.63, 3.8) is 0 Å². The standard InChI is InChI=1S/C20H24O/c1-2-6-15-11-13-17(14-12-15)20(21)19-10-5-8-16-7-3-4-9-18(16)19/h3-5,7-10,15,17H,2,6,11-14H2,1H3. The Morgan fingerprint density at radius 2 is 1.71 bits per heavy atom. The van der Waals surface area contributed by atoms with Crippen LogP contribution in [0.5, 0.6) is 0 Å². The van der Waals surface area contributed by atoms with E-state index in [0.29, 0.717) is 5.78 Å². The Bertz CT molecular complexity index is 615. The fraction of sp³-hybridized carbons (Fsp3) is 0.450. The van der Waals surface area contributed by atoms with Crippen LogP contribution in [0.4, 0.5) is 0 Å². The van der Waals surface area contributed by atoms with Crippen molar-refractivity contribution in [2.24, 2.45) is 11.8 Å². The van der Waals surface area contributed by atoms with Crippen molar-refractivity contribution in [3.05, 3.63) is 48.0 Å². The number of benzene rings is 2. The predicted octanol–water partition coefficient (Wildman–Crippen LogP) is 5.63. The van der Waals surface area contributed by atoms with Crippen LogP contribution in [0.2, 0.25) is 0 Å². The first-order valence-electron chi connectivity index (χ1n) is 8.31. The molecule has 1 aliphatic rings. The molecule has 0 atom stereocenters. The molecule has 2 aromatic rings. The highest BCUT2D eigenvalue weighted by Gasteiger charge is 2.27. The van der Waals surface area contributed by atoms with Crippen LogP contribution < -0.4 is 0 Å². The minimum Gasteiger partial charge on any atom is -0.294 e. The number of rotatable bonds is 4. The van der Waals surface area contributed by atoms with E-state index in [9.17, 15) is 4.79 Å². The number of hydrogen-bond donors (Lipinski definition) is 0. The number of hydrogen-bond acceptors (Lipinski definition) is 1. The Morgan fingerprint density at radius 3 is 2.48 bits per heavy atom. The normalized spacial score (nSPS) is 22.3. The summed E-state index contributed by atoms with van der Waals surface area (Å²) < 4.78 is 0. The Morgan fingerprint density at radius 1 is 1.00 bits per heavy atom. The third kappa shape index (κ3) is 3.02. The lowest BCUT2D eigenvalue weighted by Crippen LogP contribution is -2.22. The summed E-state index contributed by atoms with van der Waals surface area (Å²) in [6, 6.07) is 14.3. The molecule has 0 aliphatic heterocycles. The van der Waals surface area contributed by atoms with Crippen molar-refractivity contribution < 1.29 is 4.79 Å². The van der Waals surface area contributed by atoms with Gasteiger partial charge in [-0.1, -0.05) is 62.2 Å². The first-order chi connectivity index (χ1) is 10.3. The van der Waals surface area contributed by atoms with E-state index in [2.05, 4.69) is 25.1 Å². The zero-order valence-corrected chi connectivity index (χ0v) is 12.8. The van der Waals surface area contributed by atoms with E-state index in [1.165, 1.54) is 31.1 Å². The highest BCUT2D eigenvalue weighted by molar-refractivity contribution is 6.09. The second kappa shape index (κ2) is 6.43. The van der Waals surface area contributed by atoms with Crippen molar-refractivity contribution in [3.8, 4) is 0 Å². The highest BCUT2D eigenvalue weighted by atomic mass is 16.1. The maximum Gasteiger partial charge on any atom is 0.166 e. The van der Waals surface area contributed by atoms with E-state index in [0.717, 1.165) is 29.7 Å². The van der Waals surface area contributed by atoms with E-state index >= 15 is 0 Å². The van der Waals surface area contributed by atoms with E-state index < -0.39 is 0 Å². The predicted molar refractivity (Wildman–Crippen MR) is 88.6 cm³/mol. The van der Waals surface area contributed by atoms with Crippen LogP contribution in [0.25, 0.3) is 10.8 Å². The van der Waals surface area contributed by atoms with Gasteiger partial charge >= 0.3 is 0 Å². The van der Waals surface area contributed by atoms with Crippen LogP contribution in [-0.2, 0) is 0 Å². The molecule has 0 radical (unpaired) electrons. The molecule has 110 valence electrons. The van der Waals surface area contributed by atoms with Gasteiger partial charge in [-0.15, -0.1) is 0 Å². The lowest BCUT2D eigenvalue weighted by molar-refractivity contribution is 0.0871. The zero-order chi connectivity index (χ0) is 14.7. The number of ketones is 1. The maximum atomic E-state index is 12.9. The van der Waals surface area contributed by atoms with E-state index in [-0.39, 0.29) is 5.92 Å². The summed E-state index contributed by atoms with van der Waals surface area (Å²) in [4.78, 5) is 12.9. The number of fused-ring (bicyclic) bond motifs is 1. The van der Waals surface area contributed by atoms with Gasteiger partial charge < -0.3 is 0 Å².